The van der Waals surface area contributed by atoms with E-state index in [1.807, 2.05) is 24.3 Å². The zero-order chi connectivity index (χ0) is 21.6. The lowest BCUT2D eigenvalue weighted by Gasteiger charge is -2.34. The molecule has 1 atom stereocenters. The predicted molar refractivity (Wildman–Crippen MR) is 110 cm³/mol. The first-order chi connectivity index (χ1) is 13.9. The molecule has 0 spiro atoms. The summed E-state index contributed by atoms with van der Waals surface area (Å²) >= 11 is 7.60. The molecular weight excluding hydrogens is 422 g/mol. The van der Waals surface area contributed by atoms with Gasteiger partial charge in [-0.3, -0.25) is 9.69 Å². The first-order valence-electron chi connectivity index (χ1n) is 8.59. The number of benzene rings is 1. The zero-order valence-corrected chi connectivity index (χ0v) is 17.8. The Morgan fingerprint density at radius 1 is 1.34 bits per heavy atom. The summed E-state index contributed by atoms with van der Waals surface area (Å²) in [6.07, 6.45) is 1.26. The monoisotopic (exact) mass is 445 g/mol. The van der Waals surface area contributed by atoms with E-state index in [1.165, 1.54) is 32.1 Å². The minimum absolute atomic E-state index is 0.0109. The maximum absolute atomic E-state index is 11.1. The van der Waals surface area contributed by atoms with Gasteiger partial charge in [-0.2, -0.15) is 0 Å². The summed E-state index contributed by atoms with van der Waals surface area (Å²) in [5.41, 5.74) is 1.81. The molecule has 0 saturated carbocycles. The highest BCUT2D eigenvalue weighted by atomic mass is 35.5. The Labute approximate surface area is 178 Å². The number of halogens is 1. The molecule has 10 heteroatoms. The van der Waals surface area contributed by atoms with Crippen molar-refractivity contribution in [3.05, 3.63) is 46.5 Å². The van der Waals surface area contributed by atoms with E-state index in [0.717, 1.165) is 24.1 Å². The fourth-order valence-corrected chi connectivity index (χ4v) is 3.79. The number of rotatable bonds is 7. The van der Waals surface area contributed by atoms with Gasteiger partial charge in [0.1, 0.15) is 5.94 Å². The summed E-state index contributed by atoms with van der Waals surface area (Å²) in [4.78, 5) is 33.3. The molecule has 0 amide bonds. The van der Waals surface area contributed by atoms with Gasteiger partial charge >= 0.3 is 12.1 Å². The van der Waals surface area contributed by atoms with Crippen LogP contribution in [0, 0.1) is 0 Å². The minimum Gasteiger partial charge on any atom is -0.478 e. The molecule has 0 bridgehead atoms. The highest BCUT2D eigenvalue weighted by molar-refractivity contribution is 7.99. The lowest BCUT2D eigenvalue weighted by molar-refractivity contribution is -0.131. The molecule has 1 N–H and O–H groups in total. The third kappa shape index (κ3) is 9.69. The van der Waals surface area contributed by atoms with E-state index in [-0.39, 0.29) is 11.2 Å². The molecule has 1 aromatic carbocycles. The van der Waals surface area contributed by atoms with E-state index in [1.54, 1.807) is 0 Å². The summed E-state index contributed by atoms with van der Waals surface area (Å²) in [7, 11) is 2.56. The molecule has 1 heterocycles. The van der Waals surface area contributed by atoms with Crippen LogP contribution in [0.2, 0.25) is 5.02 Å². The van der Waals surface area contributed by atoms with Crippen LogP contribution in [0.5, 0.6) is 0 Å². The number of carboxylic acid groups (broad SMARTS) is 1. The van der Waals surface area contributed by atoms with Crippen molar-refractivity contribution in [3.8, 4) is 0 Å². The highest BCUT2D eigenvalue weighted by Crippen LogP contribution is 2.29. The van der Waals surface area contributed by atoms with E-state index in [0.29, 0.717) is 24.6 Å². The molecule has 160 valence electrons. The summed E-state index contributed by atoms with van der Waals surface area (Å²) in [6.45, 7) is 2.37. The number of methoxy groups -OCH3 is 2. The van der Waals surface area contributed by atoms with E-state index in [9.17, 15) is 9.59 Å². The number of hydrogen-bond donors (Lipinski definition) is 1. The van der Waals surface area contributed by atoms with Crippen molar-refractivity contribution < 1.29 is 33.7 Å². The number of nitrogens with zero attached hydrogens (tertiary/aromatic N) is 1. The van der Waals surface area contributed by atoms with Crippen LogP contribution in [0.15, 0.2) is 35.9 Å². The maximum atomic E-state index is 11.1. The molecule has 29 heavy (non-hydrogen) atoms. The molecule has 1 saturated heterocycles. The van der Waals surface area contributed by atoms with Crippen LogP contribution in [-0.4, -0.2) is 67.1 Å². The molecular formula is C19H24ClNO7S. The normalized spacial score (nSPS) is 17.6. The van der Waals surface area contributed by atoms with E-state index < -0.39 is 12.1 Å². The average Bonchev–Trinajstić information content (AvgIpc) is 2.71. The number of carbonyl (C=O) groups is 3. The van der Waals surface area contributed by atoms with Gasteiger partial charge in [-0.05, 0) is 23.6 Å². The van der Waals surface area contributed by atoms with Crippen molar-refractivity contribution in [2.24, 2.45) is 0 Å². The molecule has 1 aliphatic rings. The number of hydrogen-bond acceptors (Lipinski definition) is 8. The largest absolute Gasteiger partial charge is 0.508 e. The van der Waals surface area contributed by atoms with Gasteiger partial charge in [0.15, 0.2) is 0 Å². The first-order valence-corrected chi connectivity index (χ1v) is 10.0. The Bertz CT molecular complexity index is 714. The third-order valence-corrected chi connectivity index (χ3v) is 5.46. The number of aliphatic carboxylic acids is 1. The second-order valence-electron chi connectivity index (χ2n) is 5.85. The Kier molecular flexibility index (Phi) is 11.9. The van der Waals surface area contributed by atoms with Crippen LogP contribution in [0.3, 0.4) is 0 Å². The summed E-state index contributed by atoms with van der Waals surface area (Å²) in [5.74, 6) is -0.854. The second-order valence-corrected chi connectivity index (χ2v) is 7.40. The molecule has 1 unspecified atom stereocenters. The topological polar surface area (TPSA) is 102 Å². The van der Waals surface area contributed by atoms with Gasteiger partial charge in [0.25, 0.3) is 6.47 Å². The van der Waals surface area contributed by atoms with E-state index in [2.05, 4.69) is 14.4 Å². The average molecular weight is 446 g/mol. The molecule has 0 aromatic heterocycles. The van der Waals surface area contributed by atoms with Gasteiger partial charge in [0.2, 0.25) is 0 Å². The van der Waals surface area contributed by atoms with E-state index in [4.69, 9.17) is 26.2 Å². The summed E-state index contributed by atoms with van der Waals surface area (Å²) in [5, 5.41) is 9.82. The minimum atomic E-state index is -0.978. The molecule has 1 aromatic rings. The standard InChI is InChI=1S/C17H20ClNO5S.C2H4O2/c1-23-17(22)24-11-25-15-6-7-19(10-13(15)8-16(20)21)9-12-4-2-3-5-14(12)18;1-4-2-3/h2-5,8,15H,6-7,9-11H2,1H3,(H,20,21);2H,1H3/b13-8+;. The molecule has 1 fully saturated rings. The number of likely N-dealkylation sites (tertiary alicyclic amines) is 1. The van der Waals surface area contributed by atoms with Crippen LogP contribution >= 0.6 is 23.4 Å². The predicted octanol–water partition coefficient (Wildman–Crippen LogP) is 3.19. The van der Waals surface area contributed by atoms with Crippen LogP contribution in [0.1, 0.15) is 12.0 Å². The molecule has 0 aliphatic carbocycles. The molecule has 1 aliphatic heterocycles. The SMILES string of the molecule is COC(=O)OCSC1CCN(Cc2ccccc2Cl)C/C1=C\C(=O)O.COC=O. The van der Waals surface area contributed by atoms with E-state index >= 15 is 0 Å². The lowest BCUT2D eigenvalue weighted by Crippen LogP contribution is -2.37. The molecule has 0 radical (unpaired) electrons. The quantitative estimate of drug-likeness (QED) is 0.293. The number of carbonyl (C=O) groups excluding carboxylic acids is 2. The van der Waals surface area contributed by atoms with Crippen molar-refractivity contribution >= 4 is 42.0 Å². The smallest absolute Gasteiger partial charge is 0.478 e. The zero-order valence-electron chi connectivity index (χ0n) is 16.2. The van der Waals surface area contributed by atoms with Gasteiger partial charge in [-0.25, -0.2) is 9.59 Å². The molecule has 2 rings (SSSR count). The number of carboxylic acids is 1. The van der Waals surface area contributed by atoms with Crippen molar-refractivity contribution in [2.45, 2.75) is 18.2 Å². The van der Waals surface area contributed by atoms with Crippen LogP contribution < -0.4 is 0 Å². The lowest BCUT2D eigenvalue weighted by atomic mass is 10.0. The Hall–Kier alpha value is -2.23. The number of ether oxygens (including phenoxy) is 3. The fraction of sp³-hybridized carbons (Fsp3) is 0.421. The van der Waals surface area contributed by atoms with Crippen LogP contribution in [0.4, 0.5) is 4.79 Å². The third-order valence-electron chi connectivity index (χ3n) is 3.90. The number of piperidine rings is 1. The Balaban J connectivity index is 0.000000960. The second kappa shape index (κ2) is 13.9. The number of thioether (sulfide) groups is 1. The van der Waals surface area contributed by atoms with Crippen molar-refractivity contribution in [1.82, 2.24) is 4.90 Å². The maximum Gasteiger partial charge on any atom is 0.508 e. The Morgan fingerprint density at radius 2 is 2.03 bits per heavy atom. The van der Waals surface area contributed by atoms with Crippen LogP contribution in [-0.2, 0) is 30.3 Å². The van der Waals surface area contributed by atoms with Gasteiger partial charge in [0, 0.05) is 36.0 Å². The first kappa shape index (κ1) is 24.8. The van der Waals surface area contributed by atoms with Gasteiger partial charge in [-0.15, -0.1) is 11.8 Å². The van der Waals surface area contributed by atoms with Crippen molar-refractivity contribution in [1.29, 1.82) is 0 Å². The van der Waals surface area contributed by atoms with Crippen molar-refractivity contribution in [3.63, 3.8) is 0 Å². The van der Waals surface area contributed by atoms with Gasteiger partial charge in [0.05, 0.1) is 14.2 Å². The van der Waals surface area contributed by atoms with Crippen LogP contribution in [0.25, 0.3) is 0 Å². The molecule has 8 nitrogen and oxygen atoms in total. The van der Waals surface area contributed by atoms with Gasteiger partial charge < -0.3 is 19.3 Å². The Morgan fingerprint density at radius 3 is 2.62 bits per heavy atom. The fourth-order valence-electron chi connectivity index (χ4n) is 2.64. The van der Waals surface area contributed by atoms with Gasteiger partial charge in [-0.1, -0.05) is 29.8 Å². The summed E-state index contributed by atoms with van der Waals surface area (Å²) < 4.78 is 13.2. The summed E-state index contributed by atoms with van der Waals surface area (Å²) in [6, 6.07) is 7.62. The van der Waals surface area contributed by atoms with Crippen molar-refractivity contribution in [2.75, 3.05) is 33.2 Å². The highest BCUT2D eigenvalue weighted by Gasteiger charge is 2.26.